The average Bonchev–Trinajstić information content (AvgIpc) is 2.81. The smallest absolute Gasteiger partial charge is 0.229 e. The van der Waals surface area contributed by atoms with E-state index in [4.69, 9.17) is 10.00 Å². The van der Waals surface area contributed by atoms with E-state index in [9.17, 15) is 4.79 Å². The van der Waals surface area contributed by atoms with Crippen LogP contribution in [0.5, 0.6) is 11.5 Å². The van der Waals surface area contributed by atoms with Gasteiger partial charge in [-0.2, -0.15) is 5.26 Å². The Balaban J connectivity index is 1.46. The first-order valence-electron chi connectivity index (χ1n) is 9.83. The summed E-state index contributed by atoms with van der Waals surface area (Å²) in [6.45, 7) is 1.37. The van der Waals surface area contributed by atoms with Gasteiger partial charge in [0.05, 0.1) is 17.8 Å². The minimum Gasteiger partial charge on any atom is -0.454 e. The second kappa shape index (κ2) is 9.05. The van der Waals surface area contributed by atoms with E-state index in [-0.39, 0.29) is 11.8 Å². The van der Waals surface area contributed by atoms with Gasteiger partial charge < -0.3 is 15.0 Å². The minimum atomic E-state index is -0.183. The molecule has 3 heterocycles. The van der Waals surface area contributed by atoms with Gasteiger partial charge in [0.15, 0.2) is 5.75 Å². The molecule has 3 aromatic rings. The molecule has 4 rings (SSSR count). The maximum atomic E-state index is 13.0. The molecule has 150 valence electrons. The van der Waals surface area contributed by atoms with E-state index < -0.39 is 0 Å². The van der Waals surface area contributed by atoms with Gasteiger partial charge in [-0.3, -0.25) is 9.78 Å². The standard InChI is InChI=1S/C23H21N5O2/c24-14-18-7-3-11-22(26-18)28-13-5-6-17(16-28)23(29)27-20-9-1-2-10-21(20)30-19-8-4-12-25-15-19/h1-4,7-12,15,17H,5-6,13,16H2,(H,27,29)/t17-/m1/s1. The highest BCUT2D eigenvalue weighted by atomic mass is 16.5. The number of hydrogen-bond donors (Lipinski definition) is 1. The van der Waals surface area contributed by atoms with E-state index in [1.165, 1.54) is 0 Å². The fraction of sp³-hybridized carbons (Fsp3) is 0.217. The Morgan fingerprint density at radius 3 is 2.90 bits per heavy atom. The van der Waals surface area contributed by atoms with E-state index >= 15 is 0 Å². The number of amides is 1. The summed E-state index contributed by atoms with van der Waals surface area (Å²) in [7, 11) is 0. The maximum absolute atomic E-state index is 13.0. The normalized spacial score (nSPS) is 15.8. The van der Waals surface area contributed by atoms with Gasteiger partial charge in [0.25, 0.3) is 0 Å². The summed E-state index contributed by atoms with van der Waals surface area (Å²) in [4.78, 5) is 23.5. The van der Waals surface area contributed by atoms with Crippen LogP contribution in [0.25, 0.3) is 0 Å². The van der Waals surface area contributed by atoms with Crippen LogP contribution in [0.2, 0.25) is 0 Å². The number of piperidine rings is 1. The number of carbonyl (C=O) groups excluding carboxylic acids is 1. The van der Waals surface area contributed by atoms with Crippen molar-refractivity contribution in [1.29, 1.82) is 5.26 Å². The number of rotatable bonds is 5. The summed E-state index contributed by atoms with van der Waals surface area (Å²) in [5, 5.41) is 12.1. The first kappa shape index (κ1) is 19.4. The SMILES string of the molecule is N#Cc1cccc(N2CCC[C@@H](C(=O)Nc3ccccc3Oc3cccnc3)C2)n1. The Morgan fingerprint density at radius 2 is 2.07 bits per heavy atom. The molecule has 7 heteroatoms. The topological polar surface area (TPSA) is 91.1 Å². The number of nitrogens with zero attached hydrogens (tertiary/aromatic N) is 4. The zero-order chi connectivity index (χ0) is 20.8. The van der Waals surface area contributed by atoms with Gasteiger partial charge in [0.1, 0.15) is 23.3 Å². The van der Waals surface area contributed by atoms with Crippen molar-refractivity contribution in [2.24, 2.45) is 5.92 Å². The predicted molar refractivity (Wildman–Crippen MR) is 113 cm³/mol. The zero-order valence-corrected chi connectivity index (χ0v) is 16.4. The molecule has 1 aliphatic heterocycles. The number of anilines is 2. The zero-order valence-electron chi connectivity index (χ0n) is 16.4. The van der Waals surface area contributed by atoms with Crippen molar-refractivity contribution in [3.63, 3.8) is 0 Å². The molecular formula is C23H21N5O2. The molecule has 1 aromatic carbocycles. The van der Waals surface area contributed by atoms with Crippen molar-refractivity contribution in [2.45, 2.75) is 12.8 Å². The Morgan fingerprint density at radius 1 is 1.17 bits per heavy atom. The summed E-state index contributed by atoms with van der Waals surface area (Å²) >= 11 is 0. The molecule has 1 saturated heterocycles. The molecule has 0 unspecified atom stereocenters. The molecule has 1 aliphatic rings. The summed E-state index contributed by atoms with van der Waals surface area (Å²) in [5.74, 6) is 1.66. The van der Waals surface area contributed by atoms with Crippen LogP contribution in [-0.4, -0.2) is 29.0 Å². The largest absolute Gasteiger partial charge is 0.454 e. The first-order chi connectivity index (χ1) is 14.7. The van der Waals surface area contributed by atoms with Gasteiger partial charge in [-0.25, -0.2) is 4.98 Å². The number of ether oxygens (including phenoxy) is 1. The highest BCUT2D eigenvalue weighted by molar-refractivity contribution is 5.94. The van der Waals surface area contributed by atoms with Gasteiger partial charge in [-0.15, -0.1) is 0 Å². The van der Waals surface area contributed by atoms with Crippen LogP contribution in [-0.2, 0) is 4.79 Å². The van der Waals surface area contributed by atoms with Crippen LogP contribution in [0.3, 0.4) is 0 Å². The number of hydrogen-bond acceptors (Lipinski definition) is 6. The summed E-state index contributed by atoms with van der Waals surface area (Å²) in [5.41, 5.74) is 0.994. The van der Waals surface area contributed by atoms with E-state index in [2.05, 4.69) is 26.3 Å². The third kappa shape index (κ3) is 4.55. The highest BCUT2D eigenvalue weighted by Crippen LogP contribution is 2.30. The second-order valence-corrected chi connectivity index (χ2v) is 7.05. The molecule has 0 saturated carbocycles. The summed E-state index contributed by atoms with van der Waals surface area (Å²) in [6, 6.07) is 18.4. The summed E-state index contributed by atoms with van der Waals surface area (Å²) in [6.07, 6.45) is 4.98. The number of nitrogens with one attached hydrogen (secondary N) is 1. The number of benzene rings is 1. The molecule has 1 atom stereocenters. The van der Waals surface area contributed by atoms with Crippen LogP contribution in [0, 0.1) is 17.2 Å². The van der Waals surface area contributed by atoms with Crippen molar-refractivity contribution < 1.29 is 9.53 Å². The molecule has 1 fully saturated rings. The fourth-order valence-corrected chi connectivity index (χ4v) is 3.49. The molecule has 0 bridgehead atoms. The maximum Gasteiger partial charge on any atom is 0.229 e. The van der Waals surface area contributed by atoms with Crippen LogP contribution in [0.15, 0.2) is 67.0 Å². The Labute approximate surface area is 175 Å². The lowest BCUT2D eigenvalue weighted by Gasteiger charge is -2.33. The van der Waals surface area contributed by atoms with E-state index in [0.29, 0.717) is 29.4 Å². The van der Waals surface area contributed by atoms with Crippen molar-refractivity contribution in [3.05, 3.63) is 72.7 Å². The molecule has 2 aromatic heterocycles. The Bertz CT molecular complexity index is 1060. The molecule has 1 N–H and O–H groups in total. The van der Waals surface area contributed by atoms with Gasteiger partial charge in [0, 0.05) is 19.3 Å². The van der Waals surface area contributed by atoms with E-state index in [1.807, 2.05) is 42.5 Å². The Hall–Kier alpha value is -3.92. The van der Waals surface area contributed by atoms with Crippen LogP contribution in [0.1, 0.15) is 18.5 Å². The number of aromatic nitrogens is 2. The van der Waals surface area contributed by atoms with E-state index in [0.717, 1.165) is 25.2 Å². The highest BCUT2D eigenvalue weighted by Gasteiger charge is 2.27. The van der Waals surface area contributed by atoms with E-state index in [1.54, 1.807) is 24.5 Å². The number of carbonyl (C=O) groups is 1. The lowest BCUT2D eigenvalue weighted by atomic mass is 9.97. The lowest BCUT2D eigenvalue weighted by Crippen LogP contribution is -2.41. The van der Waals surface area contributed by atoms with Crippen molar-refractivity contribution in [2.75, 3.05) is 23.3 Å². The van der Waals surface area contributed by atoms with Gasteiger partial charge in [0.2, 0.25) is 5.91 Å². The van der Waals surface area contributed by atoms with Crippen molar-refractivity contribution in [1.82, 2.24) is 9.97 Å². The second-order valence-electron chi connectivity index (χ2n) is 7.05. The molecule has 0 aliphatic carbocycles. The molecular weight excluding hydrogens is 378 g/mol. The van der Waals surface area contributed by atoms with Crippen molar-refractivity contribution >= 4 is 17.4 Å². The average molecular weight is 399 g/mol. The quantitative estimate of drug-likeness (QED) is 0.697. The molecule has 30 heavy (non-hydrogen) atoms. The van der Waals surface area contributed by atoms with Crippen molar-refractivity contribution in [3.8, 4) is 17.6 Å². The number of nitriles is 1. The fourth-order valence-electron chi connectivity index (χ4n) is 3.49. The number of para-hydroxylation sites is 2. The molecule has 1 amide bonds. The van der Waals surface area contributed by atoms with Gasteiger partial charge in [-0.05, 0) is 49.2 Å². The lowest BCUT2D eigenvalue weighted by molar-refractivity contribution is -0.120. The Kier molecular flexibility index (Phi) is 5.85. The van der Waals surface area contributed by atoms with Gasteiger partial charge in [-0.1, -0.05) is 18.2 Å². The summed E-state index contributed by atoms with van der Waals surface area (Å²) < 4.78 is 5.89. The molecule has 7 nitrogen and oxygen atoms in total. The molecule has 0 radical (unpaired) electrons. The van der Waals surface area contributed by atoms with Crippen LogP contribution < -0.4 is 15.0 Å². The predicted octanol–water partition coefficient (Wildman–Crippen LogP) is 4.00. The third-order valence-electron chi connectivity index (χ3n) is 4.97. The van der Waals surface area contributed by atoms with Crippen LogP contribution >= 0.6 is 0 Å². The molecule has 0 spiro atoms. The first-order valence-corrected chi connectivity index (χ1v) is 9.83. The monoisotopic (exact) mass is 399 g/mol. The number of pyridine rings is 2. The minimum absolute atomic E-state index is 0.0571. The van der Waals surface area contributed by atoms with Gasteiger partial charge >= 0.3 is 0 Å². The van der Waals surface area contributed by atoms with Crippen LogP contribution in [0.4, 0.5) is 11.5 Å². The third-order valence-corrected chi connectivity index (χ3v) is 4.97.